The largest absolute Gasteiger partial charge is 0.483 e. The molecule has 1 aromatic heterocycles. The van der Waals surface area contributed by atoms with Crippen molar-refractivity contribution < 1.29 is 14.1 Å². The molecule has 0 fully saturated rings. The van der Waals surface area contributed by atoms with Crippen molar-refractivity contribution in [2.75, 3.05) is 6.61 Å². The predicted molar refractivity (Wildman–Crippen MR) is 107 cm³/mol. The Hall–Kier alpha value is -3.15. The van der Waals surface area contributed by atoms with Gasteiger partial charge in [0.05, 0.1) is 6.54 Å². The number of benzene rings is 2. The number of hydrogen-bond acceptors (Lipinski definition) is 5. The van der Waals surface area contributed by atoms with Gasteiger partial charge in [-0.05, 0) is 30.0 Å². The molecule has 1 amide bonds. The van der Waals surface area contributed by atoms with Crippen molar-refractivity contribution in [2.24, 2.45) is 0 Å². The first-order valence-electron chi connectivity index (χ1n) is 9.21. The molecule has 0 spiro atoms. The quantitative estimate of drug-likeness (QED) is 0.699. The molecule has 28 heavy (non-hydrogen) atoms. The number of nitrogens with zero attached hydrogens (tertiary/aromatic N) is 2. The van der Waals surface area contributed by atoms with Gasteiger partial charge >= 0.3 is 0 Å². The Morgan fingerprint density at radius 1 is 1.14 bits per heavy atom. The van der Waals surface area contributed by atoms with E-state index in [0.29, 0.717) is 17.5 Å². The summed E-state index contributed by atoms with van der Waals surface area (Å²) in [5.74, 6) is 1.31. The van der Waals surface area contributed by atoms with Crippen LogP contribution in [-0.4, -0.2) is 22.7 Å². The van der Waals surface area contributed by atoms with Crippen LogP contribution in [0.25, 0.3) is 11.4 Å². The van der Waals surface area contributed by atoms with E-state index in [1.54, 1.807) is 0 Å². The zero-order valence-electron chi connectivity index (χ0n) is 16.7. The lowest BCUT2D eigenvalue weighted by atomic mass is 9.86. The molecule has 6 nitrogen and oxygen atoms in total. The SMILES string of the molecule is Cc1cccc(-c2noc(CNC(=O)COc3ccccc3C(C)(C)C)n2)c1. The Kier molecular flexibility index (Phi) is 5.78. The minimum Gasteiger partial charge on any atom is -0.483 e. The molecule has 0 radical (unpaired) electrons. The van der Waals surface area contributed by atoms with Crippen LogP contribution in [0.4, 0.5) is 0 Å². The Balaban J connectivity index is 1.55. The summed E-state index contributed by atoms with van der Waals surface area (Å²) in [6.07, 6.45) is 0. The summed E-state index contributed by atoms with van der Waals surface area (Å²) < 4.78 is 10.9. The Labute approximate surface area is 164 Å². The third kappa shape index (κ3) is 4.97. The summed E-state index contributed by atoms with van der Waals surface area (Å²) in [7, 11) is 0. The standard InChI is InChI=1S/C22H25N3O3/c1-15-8-7-9-16(12-15)21-24-20(28-25-21)13-23-19(26)14-27-18-11-6-5-10-17(18)22(2,3)4/h5-12H,13-14H2,1-4H3,(H,23,26). The number of carbonyl (C=O) groups excluding carboxylic acids is 1. The maximum atomic E-state index is 12.1. The van der Waals surface area contributed by atoms with Gasteiger partial charge in [0.2, 0.25) is 11.7 Å². The number of aromatic nitrogens is 2. The van der Waals surface area contributed by atoms with E-state index in [0.717, 1.165) is 16.7 Å². The van der Waals surface area contributed by atoms with Crippen molar-refractivity contribution in [3.05, 3.63) is 65.5 Å². The van der Waals surface area contributed by atoms with Gasteiger partial charge in [-0.2, -0.15) is 4.98 Å². The van der Waals surface area contributed by atoms with Crippen LogP contribution in [-0.2, 0) is 16.8 Å². The van der Waals surface area contributed by atoms with E-state index in [1.165, 1.54) is 0 Å². The van der Waals surface area contributed by atoms with Crippen molar-refractivity contribution in [2.45, 2.75) is 39.7 Å². The number of para-hydroxylation sites is 1. The molecule has 0 aliphatic rings. The molecule has 0 bridgehead atoms. The molecule has 6 heteroatoms. The highest BCUT2D eigenvalue weighted by atomic mass is 16.5. The van der Waals surface area contributed by atoms with E-state index in [9.17, 15) is 4.79 Å². The van der Waals surface area contributed by atoms with E-state index in [1.807, 2.05) is 55.5 Å². The van der Waals surface area contributed by atoms with Gasteiger partial charge in [-0.15, -0.1) is 0 Å². The van der Waals surface area contributed by atoms with Crippen LogP contribution in [0.3, 0.4) is 0 Å². The van der Waals surface area contributed by atoms with Crippen LogP contribution < -0.4 is 10.1 Å². The third-order valence-electron chi connectivity index (χ3n) is 4.23. The van der Waals surface area contributed by atoms with E-state index in [4.69, 9.17) is 9.26 Å². The summed E-state index contributed by atoms with van der Waals surface area (Å²) >= 11 is 0. The summed E-state index contributed by atoms with van der Waals surface area (Å²) in [6.45, 7) is 8.40. The zero-order chi connectivity index (χ0) is 20.1. The highest BCUT2D eigenvalue weighted by Crippen LogP contribution is 2.30. The molecular weight excluding hydrogens is 354 g/mol. The first-order valence-corrected chi connectivity index (χ1v) is 9.21. The second-order valence-electron chi connectivity index (χ2n) is 7.69. The van der Waals surface area contributed by atoms with Crippen LogP contribution >= 0.6 is 0 Å². The molecule has 1 N–H and O–H groups in total. The normalized spacial score (nSPS) is 11.3. The van der Waals surface area contributed by atoms with Crippen LogP contribution in [0.2, 0.25) is 0 Å². The second kappa shape index (κ2) is 8.25. The smallest absolute Gasteiger partial charge is 0.258 e. The van der Waals surface area contributed by atoms with E-state index in [-0.39, 0.29) is 24.5 Å². The van der Waals surface area contributed by atoms with Gasteiger partial charge in [0.1, 0.15) is 5.75 Å². The second-order valence-corrected chi connectivity index (χ2v) is 7.69. The Morgan fingerprint density at radius 2 is 1.93 bits per heavy atom. The average molecular weight is 379 g/mol. The Bertz CT molecular complexity index is 957. The van der Waals surface area contributed by atoms with Gasteiger partial charge in [0, 0.05) is 5.56 Å². The molecule has 3 aromatic rings. The van der Waals surface area contributed by atoms with Crippen molar-refractivity contribution in [1.82, 2.24) is 15.5 Å². The van der Waals surface area contributed by atoms with Crippen LogP contribution in [0, 0.1) is 6.92 Å². The van der Waals surface area contributed by atoms with E-state index in [2.05, 4.69) is 36.2 Å². The number of aryl methyl sites for hydroxylation is 1. The molecular formula is C22H25N3O3. The fourth-order valence-corrected chi connectivity index (χ4v) is 2.81. The number of nitrogens with one attached hydrogen (secondary N) is 1. The predicted octanol–water partition coefficient (Wildman–Crippen LogP) is 4.04. The maximum Gasteiger partial charge on any atom is 0.258 e. The van der Waals surface area contributed by atoms with Crippen LogP contribution in [0.15, 0.2) is 53.1 Å². The maximum absolute atomic E-state index is 12.1. The van der Waals surface area contributed by atoms with Gasteiger partial charge in [-0.25, -0.2) is 0 Å². The van der Waals surface area contributed by atoms with Crippen molar-refractivity contribution in [3.63, 3.8) is 0 Å². The molecule has 1 heterocycles. The van der Waals surface area contributed by atoms with E-state index >= 15 is 0 Å². The van der Waals surface area contributed by atoms with Gasteiger partial charge in [-0.3, -0.25) is 4.79 Å². The third-order valence-corrected chi connectivity index (χ3v) is 4.23. The lowest BCUT2D eigenvalue weighted by Gasteiger charge is -2.22. The number of amides is 1. The number of rotatable bonds is 6. The summed E-state index contributed by atoms with van der Waals surface area (Å²) in [5, 5.41) is 6.71. The van der Waals surface area contributed by atoms with Gasteiger partial charge in [0.25, 0.3) is 5.91 Å². The molecule has 0 unspecified atom stereocenters. The first kappa shape index (κ1) is 19.6. The number of hydrogen-bond donors (Lipinski definition) is 1. The topological polar surface area (TPSA) is 77.2 Å². The molecule has 2 aromatic carbocycles. The first-order chi connectivity index (χ1) is 13.3. The highest BCUT2D eigenvalue weighted by molar-refractivity contribution is 5.77. The van der Waals surface area contributed by atoms with Crippen LogP contribution in [0.1, 0.15) is 37.8 Å². The lowest BCUT2D eigenvalue weighted by molar-refractivity contribution is -0.123. The van der Waals surface area contributed by atoms with Crippen molar-refractivity contribution >= 4 is 5.91 Å². The summed E-state index contributed by atoms with van der Waals surface area (Å²) in [6, 6.07) is 15.6. The average Bonchev–Trinajstić information content (AvgIpc) is 3.13. The van der Waals surface area contributed by atoms with Gasteiger partial charge in [-0.1, -0.05) is 67.9 Å². The molecule has 0 aliphatic carbocycles. The highest BCUT2D eigenvalue weighted by Gasteiger charge is 2.19. The number of ether oxygens (including phenoxy) is 1. The molecule has 3 rings (SSSR count). The lowest BCUT2D eigenvalue weighted by Crippen LogP contribution is -2.29. The van der Waals surface area contributed by atoms with Crippen molar-refractivity contribution in [3.8, 4) is 17.1 Å². The fourth-order valence-electron chi connectivity index (χ4n) is 2.81. The van der Waals surface area contributed by atoms with Gasteiger partial charge < -0.3 is 14.6 Å². The summed E-state index contributed by atoms with van der Waals surface area (Å²) in [4.78, 5) is 16.5. The minimum atomic E-state index is -0.251. The van der Waals surface area contributed by atoms with Crippen molar-refractivity contribution in [1.29, 1.82) is 0 Å². The molecule has 0 saturated carbocycles. The van der Waals surface area contributed by atoms with E-state index < -0.39 is 0 Å². The Morgan fingerprint density at radius 3 is 2.68 bits per heavy atom. The molecule has 0 atom stereocenters. The zero-order valence-corrected chi connectivity index (χ0v) is 16.7. The number of carbonyl (C=O) groups is 1. The minimum absolute atomic E-state index is 0.0664. The molecule has 0 saturated heterocycles. The molecule has 146 valence electrons. The summed E-state index contributed by atoms with van der Waals surface area (Å²) in [5.41, 5.74) is 2.99. The van der Waals surface area contributed by atoms with Gasteiger partial charge in [0.15, 0.2) is 6.61 Å². The monoisotopic (exact) mass is 379 g/mol. The molecule has 0 aliphatic heterocycles. The van der Waals surface area contributed by atoms with Crippen LogP contribution in [0.5, 0.6) is 5.75 Å². The fraction of sp³-hybridized carbons (Fsp3) is 0.318.